The van der Waals surface area contributed by atoms with Gasteiger partial charge in [0.05, 0.1) is 20.3 Å². The highest BCUT2D eigenvalue weighted by molar-refractivity contribution is 5.86. The summed E-state index contributed by atoms with van der Waals surface area (Å²) in [5.41, 5.74) is 4.26. The average molecular weight is 542 g/mol. The zero-order chi connectivity index (χ0) is 28.2. The Morgan fingerprint density at radius 1 is 0.825 bits per heavy atom. The number of rotatable bonds is 15. The van der Waals surface area contributed by atoms with Crippen LogP contribution in [0.5, 0.6) is 5.75 Å². The smallest absolute Gasteiger partial charge is 0.249 e. The third-order valence-corrected chi connectivity index (χ3v) is 7.01. The van der Waals surface area contributed by atoms with Crippen molar-refractivity contribution in [2.24, 2.45) is 0 Å². The number of carbonyl (C=O) groups excluding carboxylic acids is 2. The van der Waals surface area contributed by atoms with Crippen molar-refractivity contribution in [2.45, 2.75) is 39.3 Å². The Bertz CT molecular complexity index is 1350. The van der Waals surface area contributed by atoms with Crippen molar-refractivity contribution in [3.05, 3.63) is 102 Å². The molecule has 0 aliphatic carbocycles. The molecule has 0 fully saturated rings. The second-order valence-electron chi connectivity index (χ2n) is 9.92. The molecule has 0 saturated carbocycles. The van der Waals surface area contributed by atoms with Crippen LogP contribution in [0.2, 0.25) is 0 Å². The maximum absolute atomic E-state index is 13.7. The first-order valence-corrected chi connectivity index (χ1v) is 13.9. The zero-order valence-electron chi connectivity index (χ0n) is 23.5. The van der Waals surface area contributed by atoms with Crippen LogP contribution in [0, 0.1) is 0 Å². The zero-order valence-corrected chi connectivity index (χ0v) is 23.5. The molecule has 0 spiro atoms. The van der Waals surface area contributed by atoms with Crippen molar-refractivity contribution in [3.63, 3.8) is 0 Å². The number of nitrogens with one attached hydrogen (secondary N) is 1. The van der Waals surface area contributed by atoms with E-state index >= 15 is 0 Å². The van der Waals surface area contributed by atoms with E-state index in [1.807, 2.05) is 77.8 Å². The molecule has 4 aromatic rings. The highest BCUT2D eigenvalue weighted by Gasteiger charge is 2.22. The molecule has 0 radical (unpaired) electrons. The fourth-order valence-electron chi connectivity index (χ4n) is 4.66. The second kappa shape index (κ2) is 14.9. The minimum atomic E-state index is -0.168. The quantitative estimate of drug-likeness (QED) is 0.213. The van der Waals surface area contributed by atoms with E-state index in [1.165, 1.54) is 0 Å². The SMILES string of the molecule is CCCCN(CC(=O)N(CCc1c[nH]c2ccccc12)Cc1ccc(OC)cc1)C(=O)COCc1ccccc1. The van der Waals surface area contributed by atoms with Gasteiger partial charge in [-0.2, -0.15) is 0 Å². The van der Waals surface area contributed by atoms with E-state index in [0.29, 0.717) is 32.7 Å². The lowest BCUT2D eigenvalue weighted by molar-refractivity contribution is -0.143. The Balaban J connectivity index is 1.44. The van der Waals surface area contributed by atoms with Gasteiger partial charge < -0.3 is 24.3 Å². The predicted molar refractivity (Wildman–Crippen MR) is 158 cm³/mol. The van der Waals surface area contributed by atoms with Gasteiger partial charge in [0.25, 0.3) is 0 Å². The molecule has 7 heteroatoms. The summed E-state index contributed by atoms with van der Waals surface area (Å²) >= 11 is 0. The summed E-state index contributed by atoms with van der Waals surface area (Å²) in [4.78, 5) is 33.7. The molecule has 0 aliphatic rings. The van der Waals surface area contributed by atoms with Crippen LogP contribution >= 0.6 is 0 Å². The second-order valence-corrected chi connectivity index (χ2v) is 9.92. The van der Waals surface area contributed by atoms with E-state index in [9.17, 15) is 9.59 Å². The van der Waals surface area contributed by atoms with Crippen LogP contribution in [-0.2, 0) is 33.9 Å². The summed E-state index contributed by atoms with van der Waals surface area (Å²) in [6, 6.07) is 25.7. The molecule has 0 aliphatic heterocycles. The van der Waals surface area contributed by atoms with Gasteiger partial charge in [-0.15, -0.1) is 0 Å². The number of hydrogen-bond donors (Lipinski definition) is 1. The van der Waals surface area contributed by atoms with E-state index in [2.05, 4.69) is 24.0 Å². The predicted octanol–water partition coefficient (Wildman–Crippen LogP) is 5.59. The third-order valence-electron chi connectivity index (χ3n) is 7.01. The number of ether oxygens (including phenoxy) is 2. The summed E-state index contributed by atoms with van der Waals surface area (Å²) in [6.07, 6.45) is 4.47. The van der Waals surface area contributed by atoms with E-state index < -0.39 is 0 Å². The van der Waals surface area contributed by atoms with Crippen molar-refractivity contribution in [2.75, 3.05) is 33.4 Å². The molecule has 1 aromatic heterocycles. The van der Waals surface area contributed by atoms with Gasteiger partial charge in [0.1, 0.15) is 12.4 Å². The molecule has 4 rings (SSSR count). The van der Waals surface area contributed by atoms with Gasteiger partial charge in [0, 0.05) is 36.7 Å². The highest BCUT2D eigenvalue weighted by Crippen LogP contribution is 2.19. The standard InChI is InChI=1S/C33H39N3O4/c1-3-4-19-35(33(38)25-40-24-27-10-6-5-7-11-27)23-32(37)36(22-26-14-16-29(39-2)17-15-26)20-18-28-21-34-31-13-9-8-12-30(28)31/h5-17,21,34H,3-4,18-20,22-25H2,1-2H3. The first-order valence-electron chi connectivity index (χ1n) is 13.9. The number of aromatic amines is 1. The van der Waals surface area contributed by atoms with Crippen LogP contribution in [0.25, 0.3) is 10.9 Å². The van der Waals surface area contributed by atoms with Crippen LogP contribution in [0.4, 0.5) is 0 Å². The minimum Gasteiger partial charge on any atom is -0.497 e. The number of nitrogens with zero attached hydrogens (tertiary/aromatic N) is 2. The lowest BCUT2D eigenvalue weighted by Crippen LogP contribution is -2.44. The van der Waals surface area contributed by atoms with Gasteiger partial charge in [-0.05, 0) is 47.7 Å². The Kier molecular flexibility index (Phi) is 10.8. The lowest BCUT2D eigenvalue weighted by Gasteiger charge is -2.28. The molecule has 0 saturated heterocycles. The van der Waals surface area contributed by atoms with Crippen molar-refractivity contribution in [1.82, 2.24) is 14.8 Å². The Morgan fingerprint density at radius 2 is 1.57 bits per heavy atom. The number of hydrogen-bond acceptors (Lipinski definition) is 4. The largest absolute Gasteiger partial charge is 0.497 e. The Labute approximate surface area is 236 Å². The molecule has 1 N–H and O–H groups in total. The van der Waals surface area contributed by atoms with E-state index in [1.54, 1.807) is 12.0 Å². The normalized spacial score (nSPS) is 10.9. The monoisotopic (exact) mass is 541 g/mol. The average Bonchev–Trinajstić information content (AvgIpc) is 3.41. The van der Waals surface area contributed by atoms with Gasteiger partial charge >= 0.3 is 0 Å². The number of H-pyrrole nitrogens is 1. The van der Waals surface area contributed by atoms with Crippen LogP contribution in [0.3, 0.4) is 0 Å². The summed E-state index contributed by atoms with van der Waals surface area (Å²) in [6.45, 7) is 3.91. The van der Waals surface area contributed by atoms with Crippen LogP contribution in [0.1, 0.15) is 36.5 Å². The number of methoxy groups -OCH3 is 1. The van der Waals surface area contributed by atoms with E-state index in [4.69, 9.17) is 9.47 Å². The number of fused-ring (bicyclic) bond motifs is 1. The summed E-state index contributed by atoms with van der Waals surface area (Å²) in [5, 5.41) is 1.16. The molecule has 0 bridgehead atoms. The molecule has 210 valence electrons. The van der Waals surface area contributed by atoms with Crippen LogP contribution in [-0.4, -0.2) is 59.9 Å². The molecular weight excluding hydrogens is 502 g/mol. The fourth-order valence-corrected chi connectivity index (χ4v) is 4.66. The summed E-state index contributed by atoms with van der Waals surface area (Å²) < 4.78 is 11.0. The molecule has 1 heterocycles. The number of para-hydroxylation sites is 1. The van der Waals surface area contributed by atoms with Crippen LogP contribution in [0.15, 0.2) is 85.1 Å². The van der Waals surface area contributed by atoms with Crippen molar-refractivity contribution in [3.8, 4) is 5.75 Å². The first-order chi connectivity index (χ1) is 19.6. The molecule has 0 unspecified atom stereocenters. The molecule has 7 nitrogen and oxygen atoms in total. The topological polar surface area (TPSA) is 74.9 Å². The Morgan fingerprint density at radius 3 is 2.33 bits per heavy atom. The van der Waals surface area contributed by atoms with Crippen LogP contribution < -0.4 is 4.74 Å². The molecule has 0 atom stereocenters. The number of benzene rings is 3. The molecule has 2 amide bonds. The third kappa shape index (κ3) is 8.20. The molecule has 3 aromatic carbocycles. The number of aromatic nitrogens is 1. The van der Waals surface area contributed by atoms with Crippen molar-refractivity contribution in [1.29, 1.82) is 0 Å². The Hall–Kier alpha value is -4.10. The van der Waals surface area contributed by atoms with Crippen molar-refractivity contribution >= 4 is 22.7 Å². The number of amides is 2. The minimum absolute atomic E-state index is 0.0254. The number of unbranched alkanes of at least 4 members (excludes halogenated alkanes) is 1. The highest BCUT2D eigenvalue weighted by atomic mass is 16.5. The summed E-state index contributed by atoms with van der Waals surface area (Å²) in [7, 11) is 1.64. The first kappa shape index (κ1) is 28.9. The van der Waals surface area contributed by atoms with Gasteiger partial charge in [0.2, 0.25) is 11.8 Å². The van der Waals surface area contributed by atoms with Crippen molar-refractivity contribution < 1.29 is 19.1 Å². The maximum atomic E-state index is 13.7. The van der Waals surface area contributed by atoms with E-state index in [0.717, 1.165) is 46.2 Å². The maximum Gasteiger partial charge on any atom is 0.249 e. The molecular formula is C33H39N3O4. The lowest BCUT2D eigenvalue weighted by atomic mass is 10.1. The van der Waals surface area contributed by atoms with Gasteiger partial charge in [-0.1, -0.05) is 74.0 Å². The number of carbonyl (C=O) groups is 2. The van der Waals surface area contributed by atoms with Gasteiger partial charge in [-0.3, -0.25) is 9.59 Å². The summed E-state index contributed by atoms with van der Waals surface area (Å²) in [5.74, 6) is 0.522. The van der Waals surface area contributed by atoms with E-state index in [-0.39, 0.29) is 25.0 Å². The fraction of sp³-hybridized carbons (Fsp3) is 0.333. The van der Waals surface area contributed by atoms with Gasteiger partial charge in [-0.25, -0.2) is 0 Å². The van der Waals surface area contributed by atoms with Gasteiger partial charge in [0.15, 0.2) is 0 Å². The molecule has 40 heavy (non-hydrogen) atoms.